The van der Waals surface area contributed by atoms with Crippen molar-refractivity contribution in [2.75, 3.05) is 5.73 Å². The summed E-state index contributed by atoms with van der Waals surface area (Å²) in [5, 5.41) is 9.97. The average molecular weight is 407 g/mol. The molecule has 7 nitrogen and oxygen atoms in total. The predicted octanol–water partition coefficient (Wildman–Crippen LogP) is 2.72. The number of rotatable bonds is 6. The van der Waals surface area contributed by atoms with Crippen molar-refractivity contribution >= 4 is 17.6 Å². The van der Waals surface area contributed by atoms with Crippen LogP contribution >= 0.6 is 0 Å². The number of amides is 2. The lowest BCUT2D eigenvalue weighted by atomic mass is 10.1. The fraction of sp³-hybridized carbons (Fsp3) is 0.227. The van der Waals surface area contributed by atoms with Gasteiger partial charge in [0.05, 0.1) is 11.9 Å². The standard InChI is InChI=1S/C22H22FN5O2/c1-13-2-5-15(21(29)27-17-8-9-17)10-19(13)28-20(24)18(12-26-28)22(30)25-11-14-3-6-16(23)7-4-14/h2-7,10,12,17H,8-9,11,24H2,1H3,(H,25,30)(H,27,29). The SMILES string of the molecule is Cc1ccc(C(=O)NC2CC2)cc1-n1ncc(C(=O)NCc2ccc(F)cc2)c1N. The van der Waals surface area contributed by atoms with E-state index in [9.17, 15) is 14.0 Å². The van der Waals surface area contributed by atoms with Gasteiger partial charge < -0.3 is 16.4 Å². The molecule has 1 heterocycles. The van der Waals surface area contributed by atoms with Gasteiger partial charge in [-0.25, -0.2) is 9.07 Å². The number of hydrogen-bond acceptors (Lipinski definition) is 4. The van der Waals surface area contributed by atoms with Gasteiger partial charge in [0, 0.05) is 18.2 Å². The summed E-state index contributed by atoms with van der Waals surface area (Å²) in [5.74, 6) is -0.682. The van der Waals surface area contributed by atoms with Gasteiger partial charge >= 0.3 is 0 Å². The van der Waals surface area contributed by atoms with Crippen molar-refractivity contribution < 1.29 is 14.0 Å². The van der Waals surface area contributed by atoms with Crippen LogP contribution in [0.3, 0.4) is 0 Å². The zero-order valence-corrected chi connectivity index (χ0v) is 16.5. The number of benzene rings is 2. The van der Waals surface area contributed by atoms with Crippen molar-refractivity contribution in [3.8, 4) is 5.69 Å². The molecule has 2 amide bonds. The highest BCUT2D eigenvalue weighted by Crippen LogP contribution is 2.23. The summed E-state index contributed by atoms with van der Waals surface area (Å²) >= 11 is 0. The van der Waals surface area contributed by atoms with Gasteiger partial charge in [0.1, 0.15) is 17.2 Å². The second-order valence-corrected chi connectivity index (χ2v) is 7.41. The maximum Gasteiger partial charge on any atom is 0.256 e. The van der Waals surface area contributed by atoms with Gasteiger partial charge in [-0.2, -0.15) is 5.10 Å². The van der Waals surface area contributed by atoms with E-state index in [1.165, 1.54) is 23.0 Å². The Morgan fingerprint density at radius 2 is 1.90 bits per heavy atom. The van der Waals surface area contributed by atoms with Crippen molar-refractivity contribution in [2.24, 2.45) is 0 Å². The Hall–Kier alpha value is -3.68. The second kappa shape index (κ2) is 7.98. The number of hydrogen-bond donors (Lipinski definition) is 3. The van der Waals surface area contributed by atoms with Crippen LogP contribution in [0.4, 0.5) is 10.2 Å². The van der Waals surface area contributed by atoms with Crippen LogP contribution in [0, 0.1) is 12.7 Å². The second-order valence-electron chi connectivity index (χ2n) is 7.41. The van der Waals surface area contributed by atoms with Gasteiger partial charge in [0.15, 0.2) is 0 Å². The normalized spacial score (nSPS) is 13.1. The van der Waals surface area contributed by atoms with Gasteiger partial charge in [0.2, 0.25) is 0 Å². The summed E-state index contributed by atoms with van der Waals surface area (Å²) in [4.78, 5) is 24.9. The highest BCUT2D eigenvalue weighted by molar-refractivity contribution is 5.98. The number of aryl methyl sites for hydroxylation is 1. The maximum absolute atomic E-state index is 13.0. The number of nitrogens with zero attached hydrogens (tertiary/aromatic N) is 2. The fourth-order valence-electron chi connectivity index (χ4n) is 3.08. The Bertz CT molecular complexity index is 1100. The number of anilines is 1. The minimum Gasteiger partial charge on any atom is -0.383 e. The molecule has 1 fully saturated rings. The molecular weight excluding hydrogens is 385 g/mol. The molecule has 0 atom stereocenters. The van der Waals surface area contributed by atoms with Gasteiger partial charge in [-0.3, -0.25) is 9.59 Å². The van der Waals surface area contributed by atoms with Crippen LogP contribution in [-0.4, -0.2) is 27.6 Å². The largest absolute Gasteiger partial charge is 0.383 e. The molecule has 4 rings (SSSR count). The Kier molecular flexibility index (Phi) is 5.22. The molecule has 0 aliphatic heterocycles. The van der Waals surface area contributed by atoms with E-state index in [0.29, 0.717) is 11.3 Å². The topological polar surface area (TPSA) is 102 Å². The van der Waals surface area contributed by atoms with Gasteiger partial charge in [-0.05, 0) is 55.2 Å². The molecule has 1 aliphatic rings. The predicted molar refractivity (Wildman–Crippen MR) is 111 cm³/mol. The highest BCUT2D eigenvalue weighted by atomic mass is 19.1. The van der Waals surface area contributed by atoms with Crippen molar-refractivity contribution in [1.82, 2.24) is 20.4 Å². The van der Waals surface area contributed by atoms with Crippen molar-refractivity contribution in [3.05, 3.63) is 76.7 Å². The third-order valence-electron chi connectivity index (χ3n) is 5.03. The van der Waals surface area contributed by atoms with Crippen molar-refractivity contribution in [2.45, 2.75) is 32.4 Å². The molecule has 0 spiro atoms. The first-order valence-electron chi connectivity index (χ1n) is 9.70. The molecule has 0 unspecified atom stereocenters. The minimum atomic E-state index is -0.386. The quantitative estimate of drug-likeness (QED) is 0.585. The number of nitrogens with one attached hydrogen (secondary N) is 2. The number of carbonyl (C=O) groups excluding carboxylic acids is 2. The Balaban J connectivity index is 1.52. The Labute approximate surface area is 173 Å². The van der Waals surface area contributed by atoms with Crippen LogP contribution < -0.4 is 16.4 Å². The van der Waals surface area contributed by atoms with E-state index in [-0.39, 0.29) is 41.6 Å². The molecule has 0 radical (unpaired) electrons. The van der Waals surface area contributed by atoms with Gasteiger partial charge in [0.25, 0.3) is 11.8 Å². The summed E-state index contributed by atoms with van der Waals surface area (Å²) in [6.45, 7) is 2.12. The molecule has 8 heteroatoms. The zero-order chi connectivity index (χ0) is 21.3. The van der Waals surface area contributed by atoms with E-state index < -0.39 is 0 Å². The van der Waals surface area contributed by atoms with Crippen molar-refractivity contribution in [1.29, 1.82) is 0 Å². The molecule has 154 valence electrons. The third kappa shape index (κ3) is 4.17. The third-order valence-corrected chi connectivity index (χ3v) is 5.03. The van der Waals surface area contributed by atoms with Crippen LogP contribution in [0.5, 0.6) is 0 Å². The lowest BCUT2D eigenvalue weighted by molar-refractivity contribution is 0.0943. The van der Waals surface area contributed by atoms with Crippen molar-refractivity contribution in [3.63, 3.8) is 0 Å². The number of aromatic nitrogens is 2. The average Bonchev–Trinajstić information content (AvgIpc) is 3.47. The van der Waals surface area contributed by atoms with Crippen LogP contribution in [-0.2, 0) is 6.54 Å². The summed E-state index contributed by atoms with van der Waals surface area (Å²) in [6, 6.07) is 11.4. The maximum atomic E-state index is 13.0. The van der Waals surface area contributed by atoms with E-state index in [2.05, 4.69) is 15.7 Å². The Morgan fingerprint density at radius 3 is 2.60 bits per heavy atom. The van der Waals surface area contributed by atoms with E-state index in [1.54, 1.807) is 24.3 Å². The molecule has 30 heavy (non-hydrogen) atoms. The smallest absolute Gasteiger partial charge is 0.256 e. The number of nitrogen functional groups attached to an aromatic ring is 1. The molecule has 0 bridgehead atoms. The summed E-state index contributed by atoms with van der Waals surface area (Å²) in [5.41, 5.74) is 9.20. The van der Waals surface area contributed by atoms with E-state index >= 15 is 0 Å². The van der Waals surface area contributed by atoms with Crippen LogP contribution in [0.25, 0.3) is 5.69 Å². The minimum absolute atomic E-state index is 0.137. The summed E-state index contributed by atoms with van der Waals surface area (Å²) in [7, 11) is 0. The molecule has 2 aromatic carbocycles. The first-order valence-corrected chi connectivity index (χ1v) is 9.70. The highest BCUT2D eigenvalue weighted by Gasteiger charge is 2.24. The molecule has 3 aromatic rings. The molecule has 4 N–H and O–H groups in total. The Morgan fingerprint density at radius 1 is 1.17 bits per heavy atom. The number of halogens is 1. The van der Waals surface area contributed by atoms with E-state index in [4.69, 9.17) is 5.73 Å². The van der Waals surface area contributed by atoms with Crippen LogP contribution in [0.1, 0.15) is 44.7 Å². The number of carbonyl (C=O) groups is 2. The molecule has 0 saturated heterocycles. The van der Waals surface area contributed by atoms with Crippen LogP contribution in [0.15, 0.2) is 48.7 Å². The first kappa shape index (κ1) is 19.6. The lowest BCUT2D eigenvalue weighted by Gasteiger charge is -2.11. The molecule has 1 aliphatic carbocycles. The van der Waals surface area contributed by atoms with E-state index in [0.717, 1.165) is 24.0 Å². The summed E-state index contributed by atoms with van der Waals surface area (Å²) in [6.07, 6.45) is 3.41. The lowest BCUT2D eigenvalue weighted by Crippen LogP contribution is -2.25. The molecular formula is C22H22FN5O2. The number of nitrogens with two attached hydrogens (primary N) is 1. The zero-order valence-electron chi connectivity index (χ0n) is 16.5. The molecule has 1 aromatic heterocycles. The molecule has 1 saturated carbocycles. The van der Waals surface area contributed by atoms with E-state index in [1.807, 2.05) is 13.0 Å². The fourth-order valence-corrected chi connectivity index (χ4v) is 3.08. The first-order chi connectivity index (χ1) is 14.4. The summed E-state index contributed by atoms with van der Waals surface area (Å²) < 4.78 is 14.5. The monoisotopic (exact) mass is 407 g/mol. The van der Waals surface area contributed by atoms with Gasteiger partial charge in [-0.1, -0.05) is 18.2 Å². The van der Waals surface area contributed by atoms with Gasteiger partial charge in [-0.15, -0.1) is 0 Å². The van der Waals surface area contributed by atoms with Crippen LogP contribution in [0.2, 0.25) is 0 Å².